The number of nitrogens with zero attached hydrogens (tertiary/aromatic N) is 1. The maximum absolute atomic E-state index is 11.9. The van der Waals surface area contributed by atoms with E-state index in [1.807, 2.05) is 0 Å². The van der Waals surface area contributed by atoms with Crippen molar-refractivity contribution in [2.45, 2.75) is 37.3 Å². The number of benzene rings is 1. The lowest BCUT2D eigenvalue weighted by Gasteiger charge is -2.23. The summed E-state index contributed by atoms with van der Waals surface area (Å²) in [5.41, 5.74) is 2.94. The fourth-order valence-corrected chi connectivity index (χ4v) is 2.40. The summed E-state index contributed by atoms with van der Waals surface area (Å²) in [4.78, 5) is 11.9. The predicted octanol–water partition coefficient (Wildman–Crippen LogP) is -1.82. The van der Waals surface area contributed by atoms with Crippen LogP contribution in [0.4, 0.5) is 0 Å². The number of carbonyl (C=O) groups excluding carboxylic acids is 1. The lowest BCUT2D eigenvalue weighted by Crippen LogP contribution is -2.46. The number of methoxy groups -OCH3 is 3. The van der Waals surface area contributed by atoms with Gasteiger partial charge in [-0.25, -0.2) is 5.43 Å². The van der Waals surface area contributed by atoms with Gasteiger partial charge < -0.3 is 39.7 Å². The van der Waals surface area contributed by atoms with Crippen molar-refractivity contribution < 1.29 is 44.5 Å². The van der Waals surface area contributed by atoms with E-state index in [4.69, 9.17) is 19.3 Å². The van der Waals surface area contributed by atoms with Crippen molar-refractivity contribution in [1.82, 2.24) is 5.43 Å². The molecule has 0 radical (unpaired) electrons. The summed E-state index contributed by atoms with van der Waals surface area (Å²) < 4.78 is 15.7. The molecule has 0 aliphatic rings. The Labute approximate surface area is 168 Å². The SMILES string of the molecule is COc1cc(CCC(=O)NN=CC(O)C(O)C(O)C(O)CO)cc(OC)c1OC. The van der Waals surface area contributed by atoms with Gasteiger partial charge in [0, 0.05) is 6.42 Å². The fraction of sp³-hybridized carbons (Fsp3) is 0.556. The molecule has 6 N–H and O–H groups in total. The maximum atomic E-state index is 11.9. The van der Waals surface area contributed by atoms with Gasteiger partial charge in [-0.1, -0.05) is 0 Å². The van der Waals surface area contributed by atoms with Crippen LogP contribution in [0.1, 0.15) is 12.0 Å². The molecule has 4 atom stereocenters. The van der Waals surface area contributed by atoms with Crippen molar-refractivity contribution in [3.05, 3.63) is 17.7 Å². The molecule has 11 heteroatoms. The van der Waals surface area contributed by atoms with Crippen LogP contribution in [0.3, 0.4) is 0 Å². The van der Waals surface area contributed by atoms with Crippen LogP contribution in [0.25, 0.3) is 0 Å². The Morgan fingerprint density at radius 1 is 1.07 bits per heavy atom. The molecule has 1 aromatic carbocycles. The largest absolute Gasteiger partial charge is 0.493 e. The van der Waals surface area contributed by atoms with Gasteiger partial charge in [-0.3, -0.25) is 4.79 Å². The minimum Gasteiger partial charge on any atom is -0.493 e. The van der Waals surface area contributed by atoms with E-state index in [1.54, 1.807) is 12.1 Å². The molecule has 0 spiro atoms. The third-order valence-corrected chi connectivity index (χ3v) is 4.06. The molecule has 0 heterocycles. The molecule has 0 aliphatic heterocycles. The van der Waals surface area contributed by atoms with Crippen LogP contribution in [0.15, 0.2) is 17.2 Å². The molecule has 0 aliphatic carbocycles. The van der Waals surface area contributed by atoms with E-state index in [-0.39, 0.29) is 6.42 Å². The second-order valence-electron chi connectivity index (χ2n) is 6.07. The van der Waals surface area contributed by atoms with Gasteiger partial charge in [-0.05, 0) is 24.1 Å². The van der Waals surface area contributed by atoms with Crippen LogP contribution in [-0.4, -0.2) is 90.0 Å². The average Bonchev–Trinajstić information content (AvgIpc) is 2.74. The first-order chi connectivity index (χ1) is 13.8. The zero-order chi connectivity index (χ0) is 22.0. The summed E-state index contributed by atoms with van der Waals surface area (Å²) >= 11 is 0. The second-order valence-corrected chi connectivity index (χ2v) is 6.07. The molecule has 29 heavy (non-hydrogen) atoms. The van der Waals surface area contributed by atoms with Gasteiger partial charge in [0.05, 0.1) is 34.2 Å². The summed E-state index contributed by atoms with van der Waals surface area (Å²) in [6, 6.07) is 3.43. The number of hydrogen-bond donors (Lipinski definition) is 6. The van der Waals surface area contributed by atoms with Crippen LogP contribution in [0, 0.1) is 0 Å². The second kappa shape index (κ2) is 12.2. The molecule has 1 rings (SSSR count). The van der Waals surface area contributed by atoms with Crippen LogP contribution >= 0.6 is 0 Å². The van der Waals surface area contributed by atoms with Gasteiger partial charge in [0.1, 0.15) is 24.4 Å². The number of aliphatic hydroxyl groups excluding tert-OH is 5. The highest BCUT2D eigenvalue weighted by Crippen LogP contribution is 2.38. The molecular formula is C18H28N2O9. The van der Waals surface area contributed by atoms with Crippen molar-refractivity contribution >= 4 is 12.1 Å². The number of carbonyl (C=O) groups is 1. The van der Waals surface area contributed by atoms with Crippen molar-refractivity contribution in [2.24, 2.45) is 5.10 Å². The summed E-state index contributed by atoms with van der Waals surface area (Å²) in [6.07, 6.45) is -5.67. The van der Waals surface area contributed by atoms with Crippen molar-refractivity contribution in [1.29, 1.82) is 0 Å². The quantitative estimate of drug-likeness (QED) is 0.170. The van der Waals surface area contributed by atoms with Crippen molar-refractivity contribution in [3.63, 3.8) is 0 Å². The maximum Gasteiger partial charge on any atom is 0.240 e. The molecule has 164 valence electrons. The topological polar surface area (TPSA) is 170 Å². The first-order valence-corrected chi connectivity index (χ1v) is 8.73. The standard InChI is InChI=1S/C18H28N2O9/c1-27-13-6-10(7-14(28-2)18(13)29-3)4-5-15(24)20-19-8-11(22)16(25)17(26)12(23)9-21/h6-8,11-12,16-17,21-23,25-26H,4-5,9H2,1-3H3,(H,20,24). The third kappa shape index (κ3) is 7.15. The Balaban J connectivity index is 2.60. The Hall–Kier alpha value is -2.44. The van der Waals surface area contributed by atoms with Gasteiger partial charge in [0.2, 0.25) is 11.7 Å². The Morgan fingerprint density at radius 3 is 2.14 bits per heavy atom. The number of rotatable bonds is 12. The summed E-state index contributed by atoms with van der Waals surface area (Å²) in [5, 5.41) is 50.3. The normalized spacial score (nSPS) is 15.4. The lowest BCUT2D eigenvalue weighted by atomic mass is 10.0. The number of hydrazone groups is 1. The third-order valence-electron chi connectivity index (χ3n) is 4.06. The highest BCUT2D eigenvalue weighted by Gasteiger charge is 2.29. The summed E-state index contributed by atoms with van der Waals surface area (Å²) in [7, 11) is 4.46. The number of aryl methyl sites for hydroxylation is 1. The van der Waals surface area contributed by atoms with Gasteiger partial charge in [-0.15, -0.1) is 0 Å². The van der Waals surface area contributed by atoms with E-state index in [0.29, 0.717) is 23.7 Å². The van der Waals surface area contributed by atoms with Crippen molar-refractivity contribution in [2.75, 3.05) is 27.9 Å². The molecule has 0 saturated heterocycles. The summed E-state index contributed by atoms with van der Waals surface area (Å²) in [5.74, 6) is 0.892. The van der Waals surface area contributed by atoms with E-state index in [9.17, 15) is 25.2 Å². The summed E-state index contributed by atoms with van der Waals surface area (Å²) in [6.45, 7) is -0.792. The Kier molecular flexibility index (Phi) is 10.3. The van der Waals surface area contributed by atoms with Crippen molar-refractivity contribution in [3.8, 4) is 17.2 Å². The lowest BCUT2D eigenvalue weighted by molar-refractivity contribution is -0.121. The minimum atomic E-state index is -1.79. The van der Waals surface area contributed by atoms with Gasteiger partial charge in [-0.2, -0.15) is 5.10 Å². The average molecular weight is 416 g/mol. The highest BCUT2D eigenvalue weighted by molar-refractivity contribution is 5.77. The van der Waals surface area contributed by atoms with E-state index in [1.165, 1.54) is 21.3 Å². The van der Waals surface area contributed by atoms with Gasteiger partial charge in [0.25, 0.3) is 0 Å². The smallest absolute Gasteiger partial charge is 0.240 e. The van der Waals surface area contributed by atoms with Crippen LogP contribution < -0.4 is 19.6 Å². The Bertz CT molecular complexity index is 658. The first-order valence-electron chi connectivity index (χ1n) is 8.73. The number of nitrogens with one attached hydrogen (secondary N) is 1. The van der Waals surface area contributed by atoms with Gasteiger partial charge >= 0.3 is 0 Å². The minimum absolute atomic E-state index is 0.0560. The zero-order valence-corrected chi connectivity index (χ0v) is 16.5. The van der Waals surface area contributed by atoms with Crippen LogP contribution in [0.2, 0.25) is 0 Å². The number of ether oxygens (including phenoxy) is 3. The molecular weight excluding hydrogens is 388 g/mol. The number of amides is 1. The molecule has 11 nitrogen and oxygen atoms in total. The molecule has 4 unspecified atom stereocenters. The van der Waals surface area contributed by atoms with Crippen LogP contribution in [-0.2, 0) is 11.2 Å². The molecule has 0 aromatic heterocycles. The molecule has 1 amide bonds. The molecule has 0 fully saturated rings. The van der Waals surface area contributed by atoms with Crippen LogP contribution in [0.5, 0.6) is 17.2 Å². The molecule has 0 saturated carbocycles. The number of hydrogen-bond acceptors (Lipinski definition) is 10. The van der Waals surface area contributed by atoms with E-state index in [2.05, 4.69) is 10.5 Å². The van der Waals surface area contributed by atoms with E-state index in [0.717, 1.165) is 11.8 Å². The molecule has 0 bridgehead atoms. The fourth-order valence-electron chi connectivity index (χ4n) is 2.40. The Morgan fingerprint density at radius 2 is 1.66 bits per heavy atom. The zero-order valence-electron chi connectivity index (χ0n) is 16.5. The van der Waals surface area contributed by atoms with E-state index >= 15 is 0 Å². The van der Waals surface area contributed by atoms with E-state index < -0.39 is 36.9 Å². The van der Waals surface area contributed by atoms with Gasteiger partial charge in [0.15, 0.2) is 11.5 Å². The highest BCUT2D eigenvalue weighted by atomic mass is 16.5. The first kappa shape index (κ1) is 24.6. The predicted molar refractivity (Wildman–Crippen MR) is 102 cm³/mol. The monoisotopic (exact) mass is 416 g/mol. The number of aliphatic hydroxyl groups is 5. The molecule has 1 aromatic rings.